The molecule has 0 atom stereocenters. The van der Waals surface area contributed by atoms with Crippen LogP contribution in [0.1, 0.15) is 32.6 Å². The highest BCUT2D eigenvalue weighted by molar-refractivity contribution is 9.10. The monoisotopic (exact) mass is 355 g/mol. The SMILES string of the molecule is CCNc1ncnc(NCCC(=O)N2CCCCC2)c1Br. The Hall–Kier alpha value is -1.37. The lowest BCUT2D eigenvalue weighted by atomic mass is 10.1. The van der Waals surface area contributed by atoms with Gasteiger partial charge in [-0.05, 0) is 42.1 Å². The fourth-order valence-corrected chi connectivity index (χ4v) is 2.86. The van der Waals surface area contributed by atoms with Crippen molar-refractivity contribution < 1.29 is 4.79 Å². The third kappa shape index (κ3) is 4.56. The molecule has 0 aromatic carbocycles. The molecule has 0 aliphatic carbocycles. The molecule has 1 aromatic heterocycles. The van der Waals surface area contributed by atoms with Crippen LogP contribution in [0.15, 0.2) is 10.8 Å². The molecule has 6 nitrogen and oxygen atoms in total. The molecule has 21 heavy (non-hydrogen) atoms. The second-order valence-electron chi connectivity index (χ2n) is 5.03. The maximum Gasteiger partial charge on any atom is 0.224 e. The average Bonchev–Trinajstić information content (AvgIpc) is 2.52. The van der Waals surface area contributed by atoms with Gasteiger partial charge in [0.1, 0.15) is 22.4 Å². The van der Waals surface area contributed by atoms with Crippen molar-refractivity contribution in [2.45, 2.75) is 32.6 Å². The second kappa shape index (κ2) is 8.17. The number of hydrogen-bond acceptors (Lipinski definition) is 5. The van der Waals surface area contributed by atoms with Gasteiger partial charge in [0.05, 0.1) is 0 Å². The Labute approximate surface area is 133 Å². The number of piperidine rings is 1. The van der Waals surface area contributed by atoms with Crippen LogP contribution < -0.4 is 10.6 Å². The molecule has 1 saturated heterocycles. The van der Waals surface area contributed by atoms with Crippen LogP contribution in [0.5, 0.6) is 0 Å². The van der Waals surface area contributed by atoms with E-state index in [2.05, 4.69) is 36.5 Å². The summed E-state index contributed by atoms with van der Waals surface area (Å²) in [6.45, 7) is 5.19. The highest BCUT2D eigenvalue weighted by Gasteiger charge is 2.16. The number of carbonyl (C=O) groups excluding carboxylic acids is 1. The smallest absolute Gasteiger partial charge is 0.224 e. The van der Waals surface area contributed by atoms with Gasteiger partial charge in [-0.1, -0.05) is 0 Å². The van der Waals surface area contributed by atoms with E-state index >= 15 is 0 Å². The first-order valence-corrected chi connectivity index (χ1v) is 8.27. The van der Waals surface area contributed by atoms with Crippen LogP contribution in [0.25, 0.3) is 0 Å². The first-order chi connectivity index (χ1) is 10.2. The maximum atomic E-state index is 12.1. The van der Waals surface area contributed by atoms with Crippen molar-refractivity contribution >= 4 is 33.5 Å². The van der Waals surface area contributed by atoms with E-state index in [4.69, 9.17) is 0 Å². The van der Waals surface area contributed by atoms with Crippen molar-refractivity contribution in [3.05, 3.63) is 10.8 Å². The lowest BCUT2D eigenvalue weighted by Crippen LogP contribution is -2.36. The number of hydrogen-bond donors (Lipinski definition) is 2. The summed E-state index contributed by atoms with van der Waals surface area (Å²) < 4.78 is 0.803. The van der Waals surface area contributed by atoms with Crippen LogP contribution in [0, 0.1) is 0 Å². The predicted molar refractivity (Wildman–Crippen MR) is 87.4 cm³/mol. The number of aromatic nitrogens is 2. The van der Waals surface area contributed by atoms with E-state index in [1.165, 1.54) is 12.7 Å². The third-order valence-electron chi connectivity index (χ3n) is 3.47. The average molecular weight is 356 g/mol. The molecule has 1 aromatic rings. The summed E-state index contributed by atoms with van der Waals surface area (Å²) in [5, 5.41) is 6.35. The lowest BCUT2D eigenvalue weighted by Gasteiger charge is -2.26. The number of anilines is 2. The van der Waals surface area contributed by atoms with Gasteiger partial charge in [-0.15, -0.1) is 0 Å². The van der Waals surface area contributed by atoms with E-state index < -0.39 is 0 Å². The van der Waals surface area contributed by atoms with Crippen LogP contribution in [-0.4, -0.2) is 47.0 Å². The first kappa shape index (κ1) is 16.0. The fourth-order valence-electron chi connectivity index (χ4n) is 2.37. The highest BCUT2D eigenvalue weighted by atomic mass is 79.9. The normalized spacial score (nSPS) is 14.9. The molecule has 1 aliphatic rings. The van der Waals surface area contributed by atoms with Gasteiger partial charge in [-0.2, -0.15) is 0 Å². The fraction of sp³-hybridized carbons (Fsp3) is 0.643. The zero-order valence-corrected chi connectivity index (χ0v) is 13.9. The van der Waals surface area contributed by atoms with Gasteiger partial charge in [0.15, 0.2) is 0 Å². The number of carbonyl (C=O) groups is 1. The standard InChI is InChI=1S/C14H22BrN5O/c1-2-16-13-12(15)14(19-10-18-13)17-7-6-11(21)20-8-4-3-5-9-20/h10H,2-9H2,1H3,(H2,16,17,18,19). The summed E-state index contributed by atoms with van der Waals surface area (Å²) in [7, 11) is 0. The van der Waals surface area contributed by atoms with Crippen molar-refractivity contribution in [1.29, 1.82) is 0 Å². The van der Waals surface area contributed by atoms with Crippen LogP contribution in [0.3, 0.4) is 0 Å². The number of likely N-dealkylation sites (tertiary alicyclic amines) is 1. The predicted octanol–water partition coefficient (Wildman–Crippen LogP) is 2.49. The number of nitrogens with one attached hydrogen (secondary N) is 2. The Morgan fingerprint density at radius 3 is 2.57 bits per heavy atom. The van der Waals surface area contributed by atoms with Crippen molar-refractivity contribution in [2.24, 2.45) is 0 Å². The number of rotatable bonds is 6. The van der Waals surface area contributed by atoms with Crippen LogP contribution in [0.2, 0.25) is 0 Å². The minimum atomic E-state index is 0.222. The van der Waals surface area contributed by atoms with E-state index in [-0.39, 0.29) is 5.91 Å². The zero-order chi connectivity index (χ0) is 15.1. The molecule has 116 valence electrons. The van der Waals surface area contributed by atoms with Gasteiger partial charge in [0.25, 0.3) is 0 Å². The van der Waals surface area contributed by atoms with E-state index in [1.807, 2.05) is 11.8 Å². The Kier molecular flexibility index (Phi) is 6.22. The van der Waals surface area contributed by atoms with E-state index in [1.54, 1.807) is 0 Å². The van der Waals surface area contributed by atoms with E-state index in [0.29, 0.717) is 18.8 Å². The number of nitrogens with zero attached hydrogens (tertiary/aromatic N) is 3. The summed E-state index contributed by atoms with van der Waals surface area (Å²) in [6.07, 6.45) is 5.50. The molecule has 1 aliphatic heterocycles. The molecule has 7 heteroatoms. The molecule has 1 amide bonds. The molecule has 2 rings (SSSR count). The van der Waals surface area contributed by atoms with Crippen LogP contribution >= 0.6 is 15.9 Å². The van der Waals surface area contributed by atoms with E-state index in [9.17, 15) is 4.79 Å². The molecule has 1 fully saturated rings. The molecule has 0 bridgehead atoms. The molecule has 2 N–H and O–H groups in total. The number of halogens is 1. The molecular weight excluding hydrogens is 334 g/mol. The van der Waals surface area contributed by atoms with Crippen molar-refractivity contribution in [2.75, 3.05) is 36.8 Å². The first-order valence-electron chi connectivity index (χ1n) is 7.48. The topological polar surface area (TPSA) is 70.1 Å². The zero-order valence-electron chi connectivity index (χ0n) is 12.4. The Morgan fingerprint density at radius 1 is 1.24 bits per heavy atom. The van der Waals surface area contributed by atoms with Gasteiger partial charge in [0.2, 0.25) is 5.91 Å². The molecule has 0 spiro atoms. The van der Waals surface area contributed by atoms with Crippen LogP contribution in [-0.2, 0) is 4.79 Å². The van der Waals surface area contributed by atoms with Gasteiger partial charge >= 0.3 is 0 Å². The molecule has 2 heterocycles. The van der Waals surface area contributed by atoms with Crippen molar-refractivity contribution in [3.63, 3.8) is 0 Å². The molecule has 0 radical (unpaired) electrons. The van der Waals surface area contributed by atoms with Gasteiger partial charge in [0, 0.05) is 32.6 Å². The summed E-state index contributed by atoms with van der Waals surface area (Å²) in [5.74, 6) is 1.70. The summed E-state index contributed by atoms with van der Waals surface area (Å²) >= 11 is 3.48. The third-order valence-corrected chi connectivity index (χ3v) is 4.22. The Balaban J connectivity index is 1.82. The minimum absolute atomic E-state index is 0.222. The maximum absolute atomic E-state index is 12.1. The Morgan fingerprint density at radius 2 is 1.90 bits per heavy atom. The molecule has 0 unspecified atom stereocenters. The van der Waals surface area contributed by atoms with Crippen molar-refractivity contribution in [3.8, 4) is 0 Å². The lowest BCUT2D eigenvalue weighted by molar-refractivity contribution is -0.131. The Bertz CT molecular complexity index is 476. The summed E-state index contributed by atoms with van der Waals surface area (Å²) in [4.78, 5) is 22.4. The molecular formula is C14H22BrN5O. The quantitative estimate of drug-likeness (QED) is 0.820. The molecule has 0 saturated carbocycles. The number of amides is 1. The second-order valence-corrected chi connectivity index (χ2v) is 5.83. The van der Waals surface area contributed by atoms with Crippen LogP contribution in [0.4, 0.5) is 11.6 Å². The van der Waals surface area contributed by atoms with Gasteiger partial charge in [-0.3, -0.25) is 4.79 Å². The van der Waals surface area contributed by atoms with Crippen molar-refractivity contribution in [1.82, 2.24) is 14.9 Å². The summed E-state index contributed by atoms with van der Waals surface area (Å²) in [6, 6.07) is 0. The summed E-state index contributed by atoms with van der Waals surface area (Å²) in [5.41, 5.74) is 0. The van der Waals surface area contributed by atoms with Gasteiger partial charge < -0.3 is 15.5 Å². The minimum Gasteiger partial charge on any atom is -0.369 e. The van der Waals surface area contributed by atoms with E-state index in [0.717, 1.165) is 42.8 Å². The highest BCUT2D eigenvalue weighted by Crippen LogP contribution is 2.26. The largest absolute Gasteiger partial charge is 0.369 e. The van der Waals surface area contributed by atoms with Gasteiger partial charge in [-0.25, -0.2) is 9.97 Å².